The maximum atomic E-state index is 14.1. The van der Waals surface area contributed by atoms with Crippen molar-refractivity contribution in [3.63, 3.8) is 0 Å². The number of carbonyl (C=O) groups excluding carboxylic acids is 2. The molecule has 0 unspecified atom stereocenters. The Balaban J connectivity index is 1.45. The van der Waals surface area contributed by atoms with Crippen LogP contribution in [0.15, 0.2) is 83.9 Å². The zero-order valence-electron chi connectivity index (χ0n) is 24.7. The van der Waals surface area contributed by atoms with Gasteiger partial charge in [-0.15, -0.1) is 0 Å². The summed E-state index contributed by atoms with van der Waals surface area (Å²) in [6.07, 6.45) is 1.38. The molecular formula is C34H35BFNO8. The first-order chi connectivity index (χ1) is 21.6. The van der Waals surface area contributed by atoms with E-state index in [0.717, 1.165) is 16.0 Å². The van der Waals surface area contributed by atoms with Crippen LogP contribution >= 0.6 is 0 Å². The summed E-state index contributed by atoms with van der Waals surface area (Å²) in [6, 6.07) is 19.4. The number of aliphatic hydroxyl groups is 2. The minimum absolute atomic E-state index is 0.0912. The van der Waals surface area contributed by atoms with Crippen LogP contribution in [0.3, 0.4) is 0 Å². The number of hydrogen-bond donors (Lipinski definition) is 5. The third-order valence-corrected chi connectivity index (χ3v) is 8.63. The second-order valence-corrected chi connectivity index (χ2v) is 11.4. The molecule has 2 amide bonds. The zero-order chi connectivity index (χ0) is 32.2. The highest BCUT2D eigenvalue weighted by Crippen LogP contribution is 2.47. The molecule has 3 aromatic carbocycles. The molecular weight excluding hydrogens is 580 g/mol. The number of aliphatic hydroxyl groups excluding tert-OH is 2. The first-order valence-electron chi connectivity index (χ1n) is 14.7. The van der Waals surface area contributed by atoms with Gasteiger partial charge in [0.15, 0.2) is 11.6 Å². The summed E-state index contributed by atoms with van der Waals surface area (Å²) in [5, 5.41) is 51.1. The quantitative estimate of drug-likeness (QED) is 0.0958. The molecule has 5 N–H and O–H groups in total. The molecule has 45 heavy (non-hydrogen) atoms. The van der Waals surface area contributed by atoms with Gasteiger partial charge >= 0.3 is 7.12 Å². The van der Waals surface area contributed by atoms with Gasteiger partial charge in [-0.05, 0) is 76.8 Å². The van der Waals surface area contributed by atoms with Crippen molar-refractivity contribution in [2.24, 2.45) is 17.8 Å². The number of phenolic OH excluding ortho intramolecular Hbond substituents is 1. The summed E-state index contributed by atoms with van der Waals surface area (Å²) >= 11 is 0. The highest BCUT2D eigenvalue weighted by atomic mass is 19.1. The van der Waals surface area contributed by atoms with Crippen molar-refractivity contribution in [2.45, 2.75) is 25.4 Å². The van der Waals surface area contributed by atoms with E-state index in [1.54, 1.807) is 12.1 Å². The summed E-state index contributed by atoms with van der Waals surface area (Å²) < 4.78 is 19.5. The van der Waals surface area contributed by atoms with E-state index >= 15 is 0 Å². The van der Waals surface area contributed by atoms with E-state index in [1.807, 2.05) is 30.3 Å². The van der Waals surface area contributed by atoms with Crippen LogP contribution in [-0.2, 0) is 14.3 Å². The molecule has 0 spiro atoms. The molecule has 2 aliphatic rings. The molecule has 9 nitrogen and oxygen atoms in total. The van der Waals surface area contributed by atoms with Crippen LogP contribution in [0.4, 0.5) is 10.1 Å². The number of nitrogens with zero attached hydrogens (tertiary/aromatic N) is 1. The Hall–Kier alpha value is -4.13. The Bertz CT molecular complexity index is 1630. The number of imide groups is 1. The van der Waals surface area contributed by atoms with Crippen LogP contribution < -0.4 is 10.4 Å². The number of halogens is 1. The van der Waals surface area contributed by atoms with Gasteiger partial charge in [0, 0.05) is 13.0 Å². The topological polar surface area (TPSA) is 148 Å². The largest absolute Gasteiger partial charge is 0.505 e. The van der Waals surface area contributed by atoms with Gasteiger partial charge in [-0.3, -0.25) is 14.5 Å². The number of aromatic hydroxyl groups is 1. The van der Waals surface area contributed by atoms with Crippen LogP contribution in [0.2, 0.25) is 0 Å². The molecule has 5 rings (SSSR count). The van der Waals surface area contributed by atoms with E-state index in [1.165, 1.54) is 43.5 Å². The van der Waals surface area contributed by atoms with Crippen LogP contribution in [0.5, 0.6) is 5.75 Å². The number of benzene rings is 3. The smallest absolute Gasteiger partial charge is 0.488 e. The van der Waals surface area contributed by atoms with E-state index in [2.05, 4.69) is 0 Å². The third-order valence-electron chi connectivity index (χ3n) is 8.63. The molecule has 1 fully saturated rings. The molecule has 0 saturated carbocycles. The van der Waals surface area contributed by atoms with Gasteiger partial charge in [-0.2, -0.15) is 0 Å². The van der Waals surface area contributed by atoms with Crippen LogP contribution in [0.1, 0.15) is 30.4 Å². The van der Waals surface area contributed by atoms with E-state index in [4.69, 9.17) is 4.74 Å². The monoisotopic (exact) mass is 615 g/mol. The van der Waals surface area contributed by atoms with Gasteiger partial charge in [-0.25, -0.2) is 4.39 Å². The standard InChI is InChI=1S/C34H35BFNO8/c1-45-19-23-16-26-32(34(42)37(33(26)41)25-9-5-8-24(17-25)35(43)44)27(18-38)31(23)30(40)13-11-22(21-6-3-2-4-7-21)14-20-10-12-29(39)28(36)15-20/h2-10,12,14-15,17,26-27,30,32,38-40,43-44H,11,13,16,18-19H2,1H3/b22-14-/t26-,27+,30-,32-/m1/s1. The molecule has 0 aromatic heterocycles. The molecule has 1 aliphatic carbocycles. The second-order valence-electron chi connectivity index (χ2n) is 11.4. The van der Waals surface area contributed by atoms with Crippen molar-refractivity contribution in [3.05, 3.63) is 101 Å². The van der Waals surface area contributed by atoms with E-state index in [9.17, 15) is 39.3 Å². The van der Waals surface area contributed by atoms with Crippen LogP contribution in [0, 0.1) is 23.6 Å². The number of allylic oxidation sites excluding steroid dienone is 1. The minimum Gasteiger partial charge on any atom is -0.505 e. The Kier molecular flexibility index (Phi) is 9.96. The van der Waals surface area contributed by atoms with E-state index < -0.39 is 61.0 Å². The average Bonchev–Trinajstić information content (AvgIpc) is 3.29. The van der Waals surface area contributed by atoms with Gasteiger partial charge in [-0.1, -0.05) is 54.6 Å². The fourth-order valence-corrected chi connectivity index (χ4v) is 6.56. The number of methoxy groups -OCH3 is 1. The van der Waals surface area contributed by atoms with Gasteiger partial charge < -0.3 is 30.1 Å². The second kappa shape index (κ2) is 13.9. The summed E-state index contributed by atoms with van der Waals surface area (Å²) in [5.41, 5.74) is 3.60. The van der Waals surface area contributed by atoms with Gasteiger partial charge in [0.2, 0.25) is 11.8 Å². The Morgan fingerprint density at radius 3 is 2.49 bits per heavy atom. The SMILES string of the molecule is COCC1=C([C@H](O)CC/C(=C/c2ccc(O)c(F)c2)c2ccccc2)[C@H](CO)[C@@H]2C(=O)N(c3cccc(B(O)O)c3)C(=O)[C@@H]2C1. The number of amides is 2. The van der Waals surface area contributed by atoms with Crippen molar-refractivity contribution in [3.8, 4) is 5.75 Å². The number of phenols is 1. The molecule has 4 atom stereocenters. The molecule has 234 valence electrons. The third kappa shape index (κ3) is 6.63. The lowest BCUT2D eigenvalue weighted by molar-refractivity contribution is -0.123. The van der Waals surface area contributed by atoms with Crippen molar-refractivity contribution in [2.75, 3.05) is 25.2 Å². The van der Waals surface area contributed by atoms with E-state index in [0.29, 0.717) is 23.1 Å². The summed E-state index contributed by atoms with van der Waals surface area (Å²) in [5.74, 6) is -4.78. The first-order valence-corrected chi connectivity index (χ1v) is 14.7. The molecule has 1 saturated heterocycles. The number of rotatable bonds is 11. The highest BCUT2D eigenvalue weighted by molar-refractivity contribution is 6.58. The summed E-state index contributed by atoms with van der Waals surface area (Å²) in [7, 11) is -0.297. The maximum absolute atomic E-state index is 14.1. The predicted octanol–water partition coefficient (Wildman–Crippen LogP) is 2.65. The highest BCUT2D eigenvalue weighted by Gasteiger charge is 2.55. The van der Waals surface area contributed by atoms with Gasteiger partial charge in [0.05, 0.1) is 36.8 Å². The maximum Gasteiger partial charge on any atom is 0.488 e. The van der Waals surface area contributed by atoms with Gasteiger partial charge in [0.1, 0.15) is 0 Å². The molecule has 1 aliphatic heterocycles. The number of hydrogen-bond acceptors (Lipinski definition) is 8. The Morgan fingerprint density at radius 2 is 1.82 bits per heavy atom. The van der Waals surface area contributed by atoms with Crippen molar-refractivity contribution in [1.82, 2.24) is 0 Å². The van der Waals surface area contributed by atoms with E-state index in [-0.39, 0.29) is 30.6 Å². The molecule has 0 radical (unpaired) electrons. The average molecular weight is 615 g/mol. The fourth-order valence-electron chi connectivity index (χ4n) is 6.56. The zero-order valence-corrected chi connectivity index (χ0v) is 24.7. The first kappa shape index (κ1) is 32.3. The van der Waals surface area contributed by atoms with Crippen molar-refractivity contribution < 1.29 is 44.1 Å². The summed E-state index contributed by atoms with van der Waals surface area (Å²) in [6.45, 7) is -0.398. The molecule has 11 heteroatoms. The fraction of sp³-hybridized carbons (Fsp3) is 0.294. The van der Waals surface area contributed by atoms with Crippen molar-refractivity contribution in [1.29, 1.82) is 0 Å². The minimum atomic E-state index is -1.79. The van der Waals surface area contributed by atoms with Crippen LogP contribution in [-0.4, -0.2) is 70.7 Å². The van der Waals surface area contributed by atoms with Crippen molar-refractivity contribution >= 4 is 41.7 Å². The molecule has 3 aromatic rings. The lowest BCUT2D eigenvalue weighted by Gasteiger charge is -2.36. The Labute approximate surface area is 260 Å². The number of ether oxygens (including phenoxy) is 1. The normalized spacial score (nSPS) is 20.9. The summed E-state index contributed by atoms with van der Waals surface area (Å²) in [4.78, 5) is 28.5. The predicted molar refractivity (Wildman–Crippen MR) is 167 cm³/mol. The van der Waals surface area contributed by atoms with Gasteiger partial charge in [0.25, 0.3) is 0 Å². The number of fused-ring (bicyclic) bond motifs is 1. The number of anilines is 1. The molecule has 0 bridgehead atoms. The lowest BCUT2D eigenvalue weighted by Crippen LogP contribution is -2.39. The Morgan fingerprint density at radius 1 is 1.07 bits per heavy atom. The lowest BCUT2D eigenvalue weighted by atomic mass is 9.68. The number of carbonyl (C=O) groups is 2. The molecule has 1 heterocycles. The van der Waals surface area contributed by atoms with Crippen LogP contribution in [0.25, 0.3) is 11.6 Å².